The van der Waals surface area contributed by atoms with E-state index in [0.717, 1.165) is 24.0 Å². The number of Topliss-reactive ketones (excluding diaryl/α,β-unsaturated/α-hetero) is 1. The highest BCUT2D eigenvalue weighted by atomic mass is 35.5. The fourth-order valence-corrected chi connectivity index (χ4v) is 2.11. The van der Waals surface area contributed by atoms with Gasteiger partial charge in [-0.1, -0.05) is 31.9 Å². The van der Waals surface area contributed by atoms with Crippen molar-refractivity contribution in [3.63, 3.8) is 0 Å². The summed E-state index contributed by atoms with van der Waals surface area (Å²) in [6, 6.07) is 3.79. The minimum Gasteiger partial charge on any atom is -0.294 e. The molecule has 0 saturated heterocycles. The van der Waals surface area contributed by atoms with Gasteiger partial charge in [0.25, 0.3) is 0 Å². The molecule has 0 N–H and O–H groups in total. The van der Waals surface area contributed by atoms with Crippen LogP contribution in [0.25, 0.3) is 0 Å². The Morgan fingerprint density at radius 3 is 2.44 bits per heavy atom. The summed E-state index contributed by atoms with van der Waals surface area (Å²) in [5, 5.41) is 0.580. The number of carbonyl (C=O) groups excluding carboxylic acids is 1. The van der Waals surface area contributed by atoms with Crippen LogP contribution < -0.4 is 0 Å². The van der Waals surface area contributed by atoms with Crippen molar-refractivity contribution in [1.29, 1.82) is 0 Å². The highest BCUT2D eigenvalue weighted by Gasteiger charge is 2.17. The Morgan fingerprint density at radius 2 is 1.88 bits per heavy atom. The van der Waals surface area contributed by atoms with Gasteiger partial charge in [-0.15, -0.1) is 0 Å². The van der Waals surface area contributed by atoms with Crippen LogP contribution in [0.5, 0.6) is 0 Å². The van der Waals surface area contributed by atoms with Crippen LogP contribution in [0.3, 0.4) is 0 Å². The number of carbonyl (C=O) groups is 1. The van der Waals surface area contributed by atoms with Crippen LogP contribution >= 0.6 is 11.6 Å². The predicted octanol–water partition coefficient (Wildman–Crippen LogP) is 4.58. The monoisotopic (exact) mass is 238 g/mol. The maximum absolute atomic E-state index is 12.1. The minimum atomic E-state index is 0.0598. The molecule has 1 rings (SSSR count). The molecule has 16 heavy (non-hydrogen) atoms. The van der Waals surface area contributed by atoms with Gasteiger partial charge in [-0.05, 0) is 43.5 Å². The summed E-state index contributed by atoms with van der Waals surface area (Å²) in [5.74, 6) is 0.222. The normalized spacial score (nSPS) is 12.6. The van der Waals surface area contributed by atoms with E-state index >= 15 is 0 Å². The van der Waals surface area contributed by atoms with Crippen LogP contribution in [0.4, 0.5) is 0 Å². The molecule has 2 heteroatoms. The lowest BCUT2D eigenvalue weighted by Gasteiger charge is -2.12. The van der Waals surface area contributed by atoms with Gasteiger partial charge in [-0.2, -0.15) is 0 Å². The van der Waals surface area contributed by atoms with E-state index in [4.69, 9.17) is 11.6 Å². The van der Waals surface area contributed by atoms with Crippen LogP contribution in [0.15, 0.2) is 12.1 Å². The van der Waals surface area contributed by atoms with E-state index in [1.807, 2.05) is 32.9 Å². The molecule has 0 aliphatic heterocycles. The van der Waals surface area contributed by atoms with Crippen LogP contribution in [0.2, 0.25) is 5.02 Å². The van der Waals surface area contributed by atoms with Gasteiger partial charge in [0.05, 0.1) is 5.02 Å². The summed E-state index contributed by atoms with van der Waals surface area (Å²) in [6.07, 6.45) is 1.94. The fourth-order valence-electron chi connectivity index (χ4n) is 1.80. The third kappa shape index (κ3) is 2.85. The zero-order valence-electron chi connectivity index (χ0n) is 10.4. The molecule has 0 heterocycles. The zero-order valence-corrected chi connectivity index (χ0v) is 11.2. The maximum atomic E-state index is 12.1. The molecule has 0 aliphatic rings. The quantitative estimate of drug-likeness (QED) is 0.702. The van der Waals surface area contributed by atoms with Gasteiger partial charge in [0.2, 0.25) is 0 Å². The summed E-state index contributed by atoms with van der Waals surface area (Å²) < 4.78 is 0. The number of aryl methyl sites for hydroxylation is 2. The second-order valence-electron chi connectivity index (χ2n) is 4.47. The average Bonchev–Trinajstić information content (AvgIpc) is 2.23. The highest BCUT2D eigenvalue weighted by Crippen LogP contribution is 2.24. The van der Waals surface area contributed by atoms with Gasteiger partial charge < -0.3 is 0 Å². The summed E-state index contributed by atoms with van der Waals surface area (Å²) in [7, 11) is 0. The molecule has 0 aliphatic carbocycles. The Hall–Kier alpha value is -0.820. The predicted molar refractivity (Wildman–Crippen MR) is 69.3 cm³/mol. The van der Waals surface area contributed by atoms with Crippen molar-refractivity contribution in [2.24, 2.45) is 5.92 Å². The molecule has 0 spiro atoms. The van der Waals surface area contributed by atoms with E-state index in [0.29, 0.717) is 10.6 Å². The molecule has 1 aromatic carbocycles. The molecule has 0 amide bonds. The van der Waals surface area contributed by atoms with Crippen molar-refractivity contribution in [1.82, 2.24) is 0 Å². The van der Waals surface area contributed by atoms with Crippen molar-refractivity contribution in [3.8, 4) is 0 Å². The Morgan fingerprint density at radius 1 is 1.31 bits per heavy atom. The lowest BCUT2D eigenvalue weighted by molar-refractivity contribution is 0.0923. The van der Waals surface area contributed by atoms with E-state index in [-0.39, 0.29) is 11.7 Å². The third-order valence-electron chi connectivity index (χ3n) is 3.02. The molecule has 1 unspecified atom stereocenters. The molecule has 0 fully saturated rings. The van der Waals surface area contributed by atoms with E-state index < -0.39 is 0 Å². The summed E-state index contributed by atoms with van der Waals surface area (Å²) in [4.78, 5) is 12.1. The molecular formula is C14H19ClO. The van der Waals surface area contributed by atoms with Crippen LogP contribution in [0, 0.1) is 19.8 Å². The standard InChI is InChI=1S/C14H19ClO/c1-5-6-9(2)14(16)12-7-10(3)11(4)8-13(12)15/h7-9H,5-6H2,1-4H3. The number of benzene rings is 1. The van der Waals surface area contributed by atoms with Gasteiger partial charge in [-0.25, -0.2) is 0 Å². The highest BCUT2D eigenvalue weighted by molar-refractivity contribution is 6.34. The van der Waals surface area contributed by atoms with E-state index in [2.05, 4.69) is 6.92 Å². The Balaban J connectivity index is 3.04. The second kappa shape index (κ2) is 5.49. The largest absolute Gasteiger partial charge is 0.294 e. The second-order valence-corrected chi connectivity index (χ2v) is 4.88. The van der Waals surface area contributed by atoms with E-state index in [1.165, 1.54) is 0 Å². The van der Waals surface area contributed by atoms with Crippen molar-refractivity contribution in [2.75, 3.05) is 0 Å². The molecule has 0 saturated carbocycles. The lowest BCUT2D eigenvalue weighted by Crippen LogP contribution is -2.12. The molecule has 1 atom stereocenters. The number of rotatable bonds is 4. The molecule has 1 nitrogen and oxygen atoms in total. The molecular weight excluding hydrogens is 220 g/mol. The molecule has 1 aromatic rings. The average molecular weight is 239 g/mol. The van der Waals surface area contributed by atoms with Crippen molar-refractivity contribution >= 4 is 17.4 Å². The van der Waals surface area contributed by atoms with Crippen molar-refractivity contribution in [3.05, 3.63) is 33.8 Å². The Kier molecular flexibility index (Phi) is 4.55. The molecule has 0 aromatic heterocycles. The first kappa shape index (κ1) is 13.2. The topological polar surface area (TPSA) is 17.1 Å². The summed E-state index contributed by atoms with van der Waals surface area (Å²) >= 11 is 6.12. The van der Waals surface area contributed by atoms with Crippen LogP contribution in [-0.2, 0) is 0 Å². The number of hydrogen-bond donors (Lipinski definition) is 0. The van der Waals surface area contributed by atoms with Crippen LogP contribution in [-0.4, -0.2) is 5.78 Å². The van der Waals surface area contributed by atoms with Crippen LogP contribution in [0.1, 0.15) is 48.2 Å². The SMILES string of the molecule is CCCC(C)C(=O)c1cc(C)c(C)cc1Cl. The van der Waals surface area contributed by atoms with Gasteiger partial charge in [0.1, 0.15) is 0 Å². The molecule has 88 valence electrons. The minimum absolute atomic E-state index is 0.0598. The van der Waals surface area contributed by atoms with Gasteiger partial charge in [-0.3, -0.25) is 4.79 Å². The fraction of sp³-hybridized carbons (Fsp3) is 0.500. The third-order valence-corrected chi connectivity index (χ3v) is 3.33. The smallest absolute Gasteiger partial charge is 0.167 e. The first-order valence-electron chi connectivity index (χ1n) is 5.78. The summed E-state index contributed by atoms with van der Waals surface area (Å²) in [6.45, 7) is 8.07. The first-order valence-corrected chi connectivity index (χ1v) is 6.16. The molecule has 0 radical (unpaired) electrons. The van der Waals surface area contributed by atoms with E-state index in [9.17, 15) is 4.79 Å². The van der Waals surface area contributed by atoms with Gasteiger partial charge >= 0.3 is 0 Å². The molecule has 0 bridgehead atoms. The number of ketones is 1. The summed E-state index contributed by atoms with van der Waals surface area (Å²) in [5.41, 5.74) is 2.92. The van der Waals surface area contributed by atoms with E-state index in [1.54, 1.807) is 0 Å². The number of halogens is 1. The van der Waals surface area contributed by atoms with Gasteiger partial charge in [0, 0.05) is 11.5 Å². The first-order chi connectivity index (χ1) is 7.47. The Labute approximate surface area is 103 Å². The lowest BCUT2D eigenvalue weighted by atomic mass is 9.93. The Bertz CT molecular complexity index is 396. The van der Waals surface area contributed by atoms with Gasteiger partial charge in [0.15, 0.2) is 5.78 Å². The number of hydrogen-bond acceptors (Lipinski definition) is 1. The van der Waals surface area contributed by atoms with Crippen molar-refractivity contribution in [2.45, 2.75) is 40.5 Å². The zero-order chi connectivity index (χ0) is 12.3. The van der Waals surface area contributed by atoms with Crippen molar-refractivity contribution < 1.29 is 4.79 Å². The maximum Gasteiger partial charge on any atom is 0.167 e.